The van der Waals surface area contributed by atoms with E-state index in [0.29, 0.717) is 23.5 Å². The van der Waals surface area contributed by atoms with Gasteiger partial charge in [0.15, 0.2) is 0 Å². The lowest BCUT2D eigenvalue weighted by Gasteiger charge is -2.23. The van der Waals surface area contributed by atoms with E-state index in [9.17, 15) is 4.79 Å². The second-order valence-corrected chi connectivity index (χ2v) is 3.69. The topological polar surface area (TPSA) is 71.2 Å². The minimum atomic E-state index is -0.899. The van der Waals surface area contributed by atoms with Gasteiger partial charge in [-0.1, -0.05) is 0 Å². The number of carbonyl (C=O) groups is 1. The third-order valence-corrected chi connectivity index (χ3v) is 2.36. The van der Waals surface area contributed by atoms with Crippen LogP contribution in [0.15, 0.2) is 0 Å². The Morgan fingerprint density at radius 2 is 2.31 bits per heavy atom. The Hall–Kier alpha value is -0.860. The Kier molecular flexibility index (Phi) is 2.10. The van der Waals surface area contributed by atoms with Gasteiger partial charge in [-0.15, -0.1) is 5.10 Å². The van der Waals surface area contributed by atoms with Crippen molar-refractivity contribution in [3.05, 3.63) is 9.66 Å². The molecule has 0 saturated heterocycles. The molecule has 0 aromatic carbocycles. The number of fused-ring (bicyclic) bond motifs is 1. The highest BCUT2D eigenvalue weighted by molar-refractivity contribution is 14.1. The first-order valence-electron chi connectivity index (χ1n) is 3.74. The second-order valence-electron chi connectivity index (χ2n) is 2.72. The summed E-state index contributed by atoms with van der Waals surface area (Å²) in [6.45, 7) is 1.42. The average Bonchev–Trinajstić information content (AvgIpc) is 2.42. The van der Waals surface area contributed by atoms with Crippen LogP contribution >= 0.6 is 22.6 Å². The van der Waals surface area contributed by atoms with Crippen molar-refractivity contribution in [2.75, 3.05) is 6.54 Å². The number of halogens is 1. The molecule has 1 amide bonds. The van der Waals surface area contributed by atoms with E-state index in [0.717, 1.165) is 5.82 Å². The fourth-order valence-corrected chi connectivity index (χ4v) is 1.81. The fraction of sp³-hybridized carbons (Fsp3) is 0.500. The molecule has 0 spiro atoms. The van der Waals surface area contributed by atoms with Crippen LogP contribution in [0, 0.1) is 3.83 Å². The van der Waals surface area contributed by atoms with Gasteiger partial charge >= 0.3 is 6.09 Å². The van der Waals surface area contributed by atoms with Gasteiger partial charge in [0.05, 0.1) is 13.1 Å². The van der Waals surface area contributed by atoms with E-state index >= 15 is 0 Å². The Morgan fingerprint density at radius 1 is 1.54 bits per heavy atom. The standard InChI is InChI=1S/C6H7IN4O2/c7-5-8-4-3-10(6(12)13)1-2-11(4)9-5/h1-3H2,(H,12,13). The van der Waals surface area contributed by atoms with Crippen molar-refractivity contribution in [1.82, 2.24) is 19.7 Å². The second kappa shape index (κ2) is 3.13. The van der Waals surface area contributed by atoms with E-state index in [4.69, 9.17) is 5.11 Å². The van der Waals surface area contributed by atoms with Crippen LogP contribution in [0.1, 0.15) is 5.82 Å². The lowest BCUT2D eigenvalue weighted by Crippen LogP contribution is -2.37. The van der Waals surface area contributed by atoms with Crippen LogP contribution in [0.5, 0.6) is 0 Å². The zero-order valence-corrected chi connectivity index (χ0v) is 8.80. The molecule has 2 heterocycles. The van der Waals surface area contributed by atoms with Crippen LogP contribution in [0.2, 0.25) is 0 Å². The van der Waals surface area contributed by atoms with E-state index < -0.39 is 6.09 Å². The molecule has 0 radical (unpaired) electrons. The number of rotatable bonds is 0. The Labute approximate surface area is 87.7 Å². The van der Waals surface area contributed by atoms with Crippen molar-refractivity contribution in [3.8, 4) is 0 Å². The Morgan fingerprint density at radius 3 is 3.00 bits per heavy atom. The molecule has 1 aromatic heterocycles. The van der Waals surface area contributed by atoms with Crippen molar-refractivity contribution in [2.24, 2.45) is 0 Å². The molecule has 2 rings (SSSR count). The first-order chi connectivity index (χ1) is 6.16. The largest absolute Gasteiger partial charge is 0.465 e. The van der Waals surface area contributed by atoms with E-state index in [1.165, 1.54) is 4.90 Å². The van der Waals surface area contributed by atoms with Crippen LogP contribution in [0.4, 0.5) is 4.79 Å². The van der Waals surface area contributed by atoms with E-state index in [-0.39, 0.29) is 0 Å². The molecule has 0 bridgehead atoms. The molecule has 6 nitrogen and oxygen atoms in total. The van der Waals surface area contributed by atoms with Gasteiger partial charge in [-0.25, -0.2) is 14.5 Å². The molecule has 13 heavy (non-hydrogen) atoms. The van der Waals surface area contributed by atoms with Crippen molar-refractivity contribution in [2.45, 2.75) is 13.1 Å². The smallest absolute Gasteiger partial charge is 0.407 e. The molecular formula is C6H7IN4O2. The lowest BCUT2D eigenvalue weighted by atomic mass is 10.4. The van der Waals surface area contributed by atoms with Gasteiger partial charge < -0.3 is 5.11 Å². The summed E-state index contributed by atoms with van der Waals surface area (Å²) in [5, 5.41) is 12.9. The SMILES string of the molecule is O=C(O)N1CCn2nc(I)nc2C1. The summed E-state index contributed by atoms with van der Waals surface area (Å²) in [6.07, 6.45) is -0.899. The summed E-state index contributed by atoms with van der Waals surface area (Å²) >= 11 is 2.02. The van der Waals surface area contributed by atoms with Gasteiger partial charge in [0.2, 0.25) is 3.83 Å². The summed E-state index contributed by atoms with van der Waals surface area (Å²) in [7, 11) is 0. The highest BCUT2D eigenvalue weighted by atomic mass is 127. The predicted octanol–water partition coefficient (Wildman–Crippen LogP) is 0.376. The van der Waals surface area contributed by atoms with Crippen molar-refractivity contribution >= 4 is 28.7 Å². The van der Waals surface area contributed by atoms with Crippen molar-refractivity contribution in [3.63, 3.8) is 0 Å². The van der Waals surface area contributed by atoms with Crippen LogP contribution in [0.3, 0.4) is 0 Å². The van der Waals surface area contributed by atoms with Gasteiger partial charge in [-0.2, -0.15) is 0 Å². The fourth-order valence-electron chi connectivity index (χ4n) is 1.27. The maximum absolute atomic E-state index is 10.6. The molecule has 1 aliphatic heterocycles. The molecule has 0 unspecified atom stereocenters. The van der Waals surface area contributed by atoms with Gasteiger partial charge in [-0.05, 0) is 0 Å². The highest BCUT2D eigenvalue weighted by Crippen LogP contribution is 2.10. The zero-order valence-electron chi connectivity index (χ0n) is 6.64. The first-order valence-corrected chi connectivity index (χ1v) is 4.82. The van der Waals surface area contributed by atoms with Gasteiger partial charge in [0, 0.05) is 29.1 Å². The maximum Gasteiger partial charge on any atom is 0.407 e. The molecule has 0 atom stereocenters. The van der Waals surface area contributed by atoms with Crippen LogP contribution in [-0.4, -0.2) is 37.4 Å². The molecule has 7 heteroatoms. The summed E-state index contributed by atoms with van der Waals surface area (Å²) in [4.78, 5) is 16.1. The summed E-state index contributed by atoms with van der Waals surface area (Å²) in [5.41, 5.74) is 0. The maximum atomic E-state index is 10.6. The molecule has 70 valence electrons. The number of hydrogen-bond acceptors (Lipinski definition) is 3. The molecule has 1 aliphatic rings. The van der Waals surface area contributed by atoms with Crippen LogP contribution in [-0.2, 0) is 13.1 Å². The van der Waals surface area contributed by atoms with Gasteiger partial charge in [0.1, 0.15) is 5.82 Å². The zero-order chi connectivity index (χ0) is 9.42. The monoisotopic (exact) mass is 294 g/mol. The predicted molar refractivity (Wildman–Crippen MR) is 51.2 cm³/mol. The minimum absolute atomic E-state index is 0.339. The number of aromatic nitrogens is 3. The third-order valence-electron chi connectivity index (χ3n) is 1.91. The third kappa shape index (κ3) is 1.60. The first kappa shape index (κ1) is 8.73. The average molecular weight is 294 g/mol. The number of nitrogens with zero attached hydrogens (tertiary/aromatic N) is 4. The Balaban J connectivity index is 2.24. The number of amides is 1. The highest BCUT2D eigenvalue weighted by Gasteiger charge is 2.22. The minimum Gasteiger partial charge on any atom is -0.465 e. The molecular weight excluding hydrogens is 287 g/mol. The molecule has 0 fully saturated rings. The van der Waals surface area contributed by atoms with Gasteiger partial charge in [-0.3, -0.25) is 4.90 Å². The molecule has 1 N–H and O–H groups in total. The Bertz CT molecular complexity index is 350. The molecule has 0 aliphatic carbocycles. The quantitative estimate of drug-likeness (QED) is 0.702. The van der Waals surface area contributed by atoms with E-state index in [1.807, 2.05) is 22.6 Å². The molecule has 0 saturated carbocycles. The number of carboxylic acid groups (broad SMARTS) is 1. The summed E-state index contributed by atoms with van der Waals surface area (Å²) in [5.74, 6) is 0.720. The lowest BCUT2D eigenvalue weighted by molar-refractivity contribution is 0.130. The van der Waals surface area contributed by atoms with Crippen molar-refractivity contribution < 1.29 is 9.90 Å². The van der Waals surface area contributed by atoms with Crippen LogP contribution in [0.25, 0.3) is 0 Å². The van der Waals surface area contributed by atoms with Gasteiger partial charge in [0.25, 0.3) is 0 Å². The van der Waals surface area contributed by atoms with Crippen molar-refractivity contribution in [1.29, 1.82) is 0 Å². The molecule has 1 aromatic rings. The van der Waals surface area contributed by atoms with E-state index in [2.05, 4.69) is 10.1 Å². The van der Waals surface area contributed by atoms with E-state index in [1.54, 1.807) is 4.68 Å². The van der Waals surface area contributed by atoms with Crippen LogP contribution < -0.4 is 0 Å². The number of hydrogen-bond donors (Lipinski definition) is 1. The normalized spacial score (nSPS) is 15.6. The summed E-state index contributed by atoms with van der Waals surface area (Å²) in [6, 6.07) is 0. The summed E-state index contributed by atoms with van der Waals surface area (Å²) < 4.78 is 2.42.